The van der Waals surface area contributed by atoms with Crippen LogP contribution in [0.15, 0.2) is 89.1 Å². The first-order valence-corrected chi connectivity index (χ1v) is 11.0. The van der Waals surface area contributed by atoms with E-state index in [1.54, 1.807) is 17.0 Å². The van der Waals surface area contributed by atoms with Crippen LogP contribution < -0.4 is 5.32 Å². The molecule has 7 heteroatoms. The van der Waals surface area contributed by atoms with Gasteiger partial charge in [0.2, 0.25) is 5.82 Å². The van der Waals surface area contributed by atoms with Gasteiger partial charge in [-0.2, -0.15) is 4.98 Å². The summed E-state index contributed by atoms with van der Waals surface area (Å²) in [7, 11) is 0. The molecule has 0 fully saturated rings. The van der Waals surface area contributed by atoms with E-state index in [0.29, 0.717) is 23.8 Å². The molecule has 6 nitrogen and oxygen atoms in total. The van der Waals surface area contributed by atoms with Crippen LogP contribution in [0.4, 0.5) is 9.18 Å². The lowest BCUT2D eigenvalue weighted by Crippen LogP contribution is -2.45. The fourth-order valence-electron chi connectivity index (χ4n) is 4.07. The second-order valence-electron chi connectivity index (χ2n) is 8.29. The predicted molar refractivity (Wildman–Crippen MR) is 127 cm³/mol. The number of carbonyl (C=O) groups is 1. The number of nitrogens with one attached hydrogen (secondary N) is 1. The summed E-state index contributed by atoms with van der Waals surface area (Å²) >= 11 is 0. The van der Waals surface area contributed by atoms with Crippen LogP contribution in [-0.2, 0) is 6.54 Å². The number of halogens is 1. The van der Waals surface area contributed by atoms with Gasteiger partial charge in [-0.15, -0.1) is 0 Å². The van der Waals surface area contributed by atoms with E-state index in [0.717, 1.165) is 28.0 Å². The summed E-state index contributed by atoms with van der Waals surface area (Å²) in [6.07, 6.45) is 0. The topological polar surface area (TPSA) is 71.3 Å². The van der Waals surface area contributed by atoms with Crippen LogP contribution >= 0.6 is 0 Å². The molecule has 1 N–H and O–H groups in total. The fraction of sp³-hybridized carbons (Fsp3) is 0.148. The first kappa shape index (κ1) is 21.6. The SMILES string of the molecule is CC1=C(c2nc(-c3ccc(F)cc3)no2)C(c2ccc(C)cc2)NC(=O)N1Cc1ccccc1. The molecule has 0 saturated heterocycles. The molecule has 1 aromatic heterocycles. The van der Waals surface area contributed by atoms with Gasteiger partial charge in [0.05, 0.1) is 18.2 Å². The molecule has 1 aliphatic heterocycles. The molecule has 4 aromatic rings. The van der Waals surface area contributed by atoms with Crippen molar-refractivity contribution in [3.8, 4) is 11.4 Å². The van der Waals surface area contributed by atoms with Gasteiger partial charge < -0.3 is 9.84 Å². The summed E-state index contributed by atoms with van der Waals surface area (Å²) in [5.41, 5.74) is 5.13. The number of hydrogen-bond acceptors (Lipinski definition) is 4. The highest BCUT2D eigenvalue weighted by atomic mass is 19.1. The van der Waals surface area contributed by atoms with Gasteiger partial charge in [0.25, 0.3) is 5.89 Å². The Kier molecular flexibility index (Phi) is 5.67. The summed E-state index contributed by atoms with van der Waals surface area (Å²) in [4.78, 5) is 19.5. The van der Waals surface area contributed by atoms with Crippen molar-refractivity contribution in [2.24, 2.45) is 0 Å². The van der Waals surface area contributed by atoms with E-state index in [-0.39, 0.29) is 11.8 Å². The minimum Gasteiger partial charge on any atom is -0.334 e. The van der Waals surface area contributed by atoms with Crippen molar-refractivity contribution >= 4 is 11.6 Å². The predicted octanol–water partition coefficient (Wildman–Crippen LogP) is 5.88. The van der Waals surface area contributed by atoms with Crippen LogP contribution in [0, 0.1) is 12.7 Å². The van der Waals surface area contributed by atoms with Crippen LogP contribution in [0.5, 0.6) is 0 Å². The van der Waals surface area contributed by atoms with Crippen molar-refractivity contribution in [2.45, 2.75) is 26.4 Å². The molecular weight excluding hydrogens is 431 g/mol. The maximum Gasteiger partial charge on any atom is 0.322 e. The number of carbonyl (C=O) groups excluding carboxylic acids is 1. The lowest BCUT2D eigenvalue weighted by Gasteiger charge is -2.35. The lowest BCUT2D eigenvalue weighted by molar-refractivity contribution is 0.203. The Morgan fingerprint density at radius 3 is 2.38 bits per heavy atom. The van der Waals surface area contributed by atoms with Crippen molar-refractivity contribution < 1.29 is 13.7 Å². The summed E-state index contributed by atoms with van der Waals surface area (Å²) in [6.45, 7) is 4.31. The smallest absolute Gasteiger partial charge is 0.322 e. The fourth-order valence-corrected chi connectivity index (χ4v) is 4.07. The number of rotatable bonds is 5. The van der Waals surface area contributed by atoms with Crippen LogP contribution in [0.2, 0.25) is 0 Å². The second kappa shape index (κ2) is 8.94. The molecule has 0 bridgehead atoms. The maximum absolute atomic E-state index is 13.4. The van der Waals surface area contributed by atoms with Crippen molar-refractivity contribution in [3.05, 3.63) is 113 Å². The molecule has 1 atom stereocenters. The number of benzene rings is 3. The highest BCUT2D eigenvalue weighted by Crippen LogP contribution is 2.38. The van der Waals surface area contributed by atoms with E-state index in [2.05, 4.69) is 15.5 Å². The number of nitrogens with zero attached hydrogens (tertiary/aromatic N) is 3. The maximum atomic E-state index is 13.4. The van der Waals surface area contributed by atoms with Crippen LogP contribution in [-0.4, -0.2) is 21.1 Å². The molecule has 3 aromatic carbocycles. The third kappa shape index (κ3) is 4.20. The molecule has 1 aliphatic rings. The Hall–Kier alpha value is -4.26. The minimum atomic E-state index is -0.457. The zero-order valence-electron chi connectivity index (χ0n) is 18.8. The normalized spacial score (nSPS) is 16.0. The molecule has 0 spiro atoms. The molecule has 5 rings (SSSR count). The first-order valence-electron chi connectivity index (χ1n) is 11.0. The standard InChI is InChI=1S/C27H23FN4O2/c1-17-8-10-20(11-9-17)24-23(26-30-25(31-34-26)21-12-14-22(28)15-13-21)18(2)32(27(33)29-24)16-19-6-4-3-5-7-19/h3-15,24H,16H2,1-2H3,(H,29,33). The van der Waals surface area contributed by atoms with Crippen molar-refractivity contribution in [3.63, 3.8) is 0 Å². The number of aryl methyl sites for hydroxylation is 1. The average Bonchev–Trinajstić information content (AvgIpc) is 3.33. The summed E-state index contributed by atoms with van der Waals surface area (Å²) in [5, 5.41) is 7.23. The number of urea groups is 1. The Labute approximate surface area is 196 Å². The van der Waals surface area contributed by atoms with Crippen molar-refractivity contribution in [1.29, 1.82) is 0 Å². The Bertz CT molecular complexity index is 1350. The lowest BCUT2D eigenvalue weighted by atomic mass is 9.94. The zero-order valence-corrected chi connectivity index (χ0v) is 18.8. The van der Waals surface area contributed by atoms with Gasteiger partial charge in [-0.05, 0) is 49.2 Å². The van der Waals surface area contributed by atoms with E-state index >= 15 is 0 Å². The van der Waals surface area contributed by atoms with Gasteiger partial charge in [-0.3, -0.25) is 4.90 Å². The molecule has 2 heterocycles. The molecule has 0 saturated carbocycles. The van der Waals surface area contributed by atoms with E-state index < -0.39 is 6.04 Å². The number of allylic oxidation sites excluding steroid dienone is 1. The van der Waals surface area contributed by atoms with Crippen LogP contribution in [0.3, 0.4) is 0 Å². The number of amides is 2. The Morgan fingerprint density at radius 1 is 0.971 bits per heavy atom. The van der Waals surface area contributed by atoms with E-state index in [1.807, 2.05) is 68.4 Å². The van der Waals surface area contributed by atoms with Crippen molar-refractivity contribution in [1.82, 2.24) is 20.4 Å². The van der Waals surface area contributed by atoms with Gasteiger partial charge >= 0.3 is 6.03 Å². The average molecular weight is 455 g/mol. The Balaban J connectivity index is 1.59. The number of aromatic nitrogens is 2. The Morgan fingerprint density at radius 2 is 1.68 bits per heavy atom. The molecule has 1 unspecified atom stereocenters. The van der Waals surface area contributed by atoms with Crippen molar-refractivity contribution in [2.75, 3.05) is 0 Å². The summed E-state index contributed by atoms with van der Waals surface area (Å²) in [5.74, 6) is 0.321. The monoisotopic (exact) mass is 454 g/mol. The van der Waals surface area contributed by atoms with Gasteiger partial charge in [-0.1, -0.05) is 65.3 Å². The molecule has 2 amide bonds. The van der Waals surface area contributed by atoms with Gasteiger partial charge in [0.1, 0.15) is 5.82 Å². The van der Waals surface area contributed by atoms with E-state index in [1.165, 1.54) is 12.1 Å². The van der Waals surface area contributed by atoms with E-state index in [4.69, 9.17) is 4.52 Å². The second-order valence-corrected chi connectivity index (χ2v) is 8.29. The highest BCUT2D eigenvalue weighted by molar-refractivity contribution is 5.86. The third-order valence-corrected chi connectivity index (χ3v) is 5.95. The molecular formula is C27H23FN4O2. The van der Waals surface area contributed by atoms with Gasteiger partial charge in [0.15, 0.2) is 0 Å². The zero-order chi connectivity index (χ0) is 23.7. The molecule has 0 radical (unpaired) electrons. The number of hydrogen-bond donors (Lipinski definition) is 1. The first-order chi connectivity index (χ1) is 16.5. The molecule has 170 valence electrons. The largest absolute Gasteiger partial charge is 0.334 e. The highest BCUT2D eigenvalue weighted by Gasteiger charge is 2.35. The van der Waals surface area contributed by atoms with E-state index in [9.17, 15) is 9.18 Å². The third-order valence-electron chi connectivity index (χ3n) is 5.95. The van der Waals surface area contributed by atoms with Crippen LogP contribution in [0.1, 0.15) is 35.5 Å². The van der Waals surface area contributed by atoms with Gasteiger partial charge in [-0.25, -0.2) is 9.18 Å². The minimum absolute atomic E-state index is 0.200. The van der Waals surface area contributed by atoms with Crippen LogP contribution in [0.25, 0.3) is 17.0 Å². The summed E-state index contributed by atoms with van der Waals surface area (Å²) in [6, 6.07) is 23.0. The molecule has 34 heavy (non-hydrogen) atoms. The molecule has 0 aliphatic carbocycles. The summed E-state index contributed by atoms with van der Waals surface area (Å²) < 4.78 is 19.0. The quantitative estimate of drug-likeness (QED) is 0.409. The van der Waals surface area contributed by atoms with Gasteiger partial charge in [0, 0.05) is 11.3 Å².